The Morgan fingerprint density at radius 3 is 2.66 bits per heavy atom. The summed E-state index contributed by atoms with van der Waals surface area (Å²) in [5.74, 6) is 11.3. The zero-order chi connectivity index (χ0) is 23.7. The molecule has 0 aromatic carbocycles. The minimum Gasteiger partial charge on any atom is -0.383 e. The number of hydrogen-bond donors (Lipinski definition) is 4. The molecule has 0 bridgehead atoms. The van der Waals surface area contributed by atoms with E-state index in [0.717, 1.165) is 42.1 Å². The van der Waals surface area contributed by atoms with Crippen LogP contribution in [0.5, 0.6) is 0 Å². The van der Waals surface area contributed by atoms with E-state index in [2.05, 4.69) is 27.1 Å². The van der Waals surface area contributed by atoms with Gasteiger partial charge in [-0.1, -0.05) is 17.7 Å². The molecule has 32 heavy (non-hydrogen) atoms. The Kier molecular flexibility index (Phi) is 9.63. The molecule has 0 radical (unpaired) electrons. The standard InChI is InChI=1S/C18H25ClFN9.C3H6/c1-11(20)16(19)10-28(23)18(27-22)15-6-12(7-25-17(15)21)13-8-26-29(9-13)14-2-4-24-5-3-14;1-3-2/h6-9,14,24H,2-5,10,22-23H2,1H3,(H2,21,25);3H,1H2,2H3/b16-11-,27-18-;. The molecule has 174 valence electrons. The smallest absolute Gasteiger partial charge is 0.173 e. The van der Waals surface area contributed by atoms with Crippen molar-refractivity contribution in [3.63, 3.8) is 0 Å². The molecule has 0 aliphatic carbocycles. The lowest BCUT2D eigenvalue weighted by Crippen LogP contribution is -2.40. The second-order valence-electron chi connectivity index (χ2n) is 7.27. The van der Waals surface area contributed by atoms with E-state index in [9.17, 15) is 4.39 Å². The highest BCUT2D eigenvalue weighted by Crippen LogP contribution is 2.26. The molecule has 1 aliphatic rings. The van der Waals surface area contributed by atoms with E-state index in [1.54, 1.807) is 24.5 Å². The number of aromatic nitrogens is 3. The Balaban J connectivity index is 0.00000114. The lowest BCUT2D eigenvalue weighted by Gasteiger charge is -2.22. The van der Waals surface area contributed by atoms with Crippen LogP contribution in [0.25, 0.3) is 11.1 Å². The fraction of sp³-hybridized carbons (Fsp3) is 0.381. The number of halogens is 2. The number of rotatable bonds is 5. The second-order valence-corrected chi connectivity index (χ2v) is 7.73. The summed E-state index contributed by atoms with van der Waals surface area (Å²) in [6.07, 6.45) is 9.22. The molecule has 2 aromatic rings. The van der Waals surface area contributed by atoms with Gasteiger partial charge in [0.05, 0.1) is 29.4 Å². The zero-order valence-electron chi connectivity index (χ0n) is 18.4. The molecule has 0 atom stereocenters. The van der Waals surface area contributed by atoms with Gasteiger partial charge in [-0.15, -0.1) is 6.58 Å². The summed E-state index contributed by atoms with van der Waals surface area (Å²) < 4.78 is 15.3. The van der Waals surface area contributed by atoms with Crippen LogP contribution in [0.1, 0.15) is 38.3 Å². The summed E-state index contributed by atoms with van der Waals surface area (Å²) in [5.41, 5.74) is 8.11. The van der Waals surface area contributed by atoms with E-state index >= 15 is 0 Å². The monoisotopic (exact) mass is 463 g/mol. The lowest BCUT2D eigenvalue weighted by atomic mass is 10.1. The minimum atomic E-state index is -0.538. The highest BCUT2D eigenvalue weighted by atomic mass is 35.5. The summed E-state index contributed by atoms with van der Waals surface area (Å²) >= 11 is 5.87. The van der Waals surface area contributed by atoms with Gasteiger partial charge in [0.1, 0.15) is 11.6 Å². The number of hydrogen-bond acceptors (Lipinski definition) is 7. The molecule has 0 unspecified atom stereocenters. The van der Waals surface area contributed by atoms with Crippen molar-refractivity contribution in [2.75, 3.05) is 25.4 Å². The van der Waals surface area contributed by atoms with Crippen molar-refractivity contribution >= 4 is 23.3 Å². The van der Waals surface area contributed by atoms with Gasteiger partial charge in [-0.3, -0.25) is 9.69 Å². The number of nitrogen functional groups attached to an aromatic ring is 1. The molecule has 1 aliphatic heterocycles. The van der Waals surface area contributed by atoms with Crippen LogP contribution >= 0.6 is 11.6 Å². The van der Waals surface area contributed by atoms with Gasteiger partial charge in [0, 0.05) is 23.5 Å². The van der Waals surface area contributed by atoms with Gasteiger partial charge in [0.25, 0.3) is 0 Å². The lowest BCUT2D eigenvalue weighted by molar-refractivity contribution is 0.343. The average Bonchev–Trinajstić information content (AvgIpc) is 3.27. The van der Waals surface area contributed by atoms with Crippen LogP contribution in [-0.2, 0) is 0 Å². The number of pyridine rings is 1. The first kappa shape index (κ1) is 25.3. The number of nitrogens with one attached hydrogen (secondary N) is 1. The zero-order valence-corrected chi connectivity index (χ0v) is 19.2. The van der Waals surface area contributed by atoms with Crippen molar-refractivity contribution in [2.45, 2.75) is 32.7 Å². The minimum absolute atomic E-state index is 0.0559. The third-order valence-corrected chi connectivity index (χ3v) is 5.23. The first-order valence-corrected chi connectivity index (χ1v) is 10.6. The van der Waals surface area contributed by atoms with E-state index < -0.39 is 5.83 Å². The fourth-order valence-electron chi connectivity index (χ4n) is 3.20. The van der Waals surface area contributed by atoms with Crippen molar-refractivity contribution in [1.29, 1.82) is 0 Å². The highest BCUT2D eigenvalue weighted by molar-refractivity contribution is 6.30. The van der Waals surface area contributed by atoms with Crippen LogP contribution in [0.4, 0.5) is 10.2 Å². The molecule has 0 amide bonds. The Bertz CT molecular complexity index is 960. The molecule has 0 spiro atoms. The SMILES string of the molecule is C/C(F)=C(/Cl)CN(N)/C(=N\N)c1cc(-c2cnn(C3CCNCC3)c2)cnc1N.C=CC. The van der Waals surface area contributed by atoms with Crippen molar-refractivity contribution in [1.82, 2.24) is 25.1 Å². The summed E-state index contributed by atoms with van der Waals surface area (Å²) in [4.78, 5) is 4.24. The van der Waals surface area contributed by atoms with Crippen LogP contribution in [0, 0.1) is 0 Å². The molecule has 9 nitrogen and oxygen atoms in total. The molecule has 1 fully saturated rings. The van der Waals surface area contributed by atoms with E-state index in [1.807, 2.05) is 17.8 Å². The Morgan fingerprint density at radius 2 is 2.06 bits per heavy atom. The Hall–Kier alpha value is -2.95. The molecule has 0 saturated carbocycles. The second kappa shape index (κ2) is 12.2. The third-order valence-electron chi connectivity index (χ3n) is 4.85. The number of amidine groups is 1. The first-order valence-electron chi connectivity index (χ1n) is 10.2. The van der Waals surface area contributed by atoms with E-state index in [1.165, 1.54) is 6.92 Å². The maximum absolute atomic E-state index is 13.3. The van der Waals surface area contributed by atoms with Crippen LogP contribution in [-0.4, -0.2) is 45.2 Å². The third kappa shape index (κ3) is 6.52. The Morgan fingerprint density at radius 1 is 1.41 bits per heavy atom. The average molecular weight is 464 g/mol. The largest absolute Gasteiger partial charge is 0.383 e. The number of nitrogens with two attached hydrogens (primary N) is 3. The van der Waals surface area contributed by atoms with Crippen LogP contribution in [0.15, 0.2) is 53.3 Å². The summed E-state index contributed by atoms with van der Waals surface area (Å²) in [6, 6.07) is 2.14. The molecule has 11 heteroatoms. The quantitative estimate of drug-likeness (QED) is 0.176. The number of allylic oxidation sites excluding steroid dienone is 2. The van der Waals surface area contributed by atoms with E-state index in [-0.39, 0.29) is 23.2 Å². The van der Waals surface area contributed by atoms with Crippen LogP contribution < -0.4 is 22.7 Å². The van der Waals surface area contributed by atoms with E-state index in [0.29, 0.717) is 11.6 Å². The fourth-order valence-corrected chi connectivity index (χ4v) is 3.33. The highest BCUT2D eigenvalue weighted by Gasteiger charge is 2.19. The van der Waals surface area contributed by atoms with Crippen molar-refractivity contribution in [3.8, 4) is 11.1 Å². The van der Waals surface area contributed by atoms with Gasteiger partial charge in [0.2, 0.25) is 0 Å². The van der Waals surface area contributed by atoms with Crippen LogP contribution in [0.2, 0.25) is 0 Å². The number of nitrogens with zero attached hydrogens (tertiary/aromatic N) is 5. The molecule has 7 N–H and O–H groups in total. The topological polar surface area (TPSA) is 136 Å². The van der Waals surface area contributed by atoms with Gasteiger partial charge < -0.3 is 16.9 Å². The van der Waals surface area contributed by atoms with Crippen molar-refractivity contribution in [2.24, 2.45) is 16.8 Å². The predicted molar refractivity (Wildman–Crippen MR) is 128 cm³/mol. The number of hydrazone groups is 1. The summed E-state index contributed by atoms with van der Waals surface area (Å²) in [7, 11) is 0. The van der Waals surface area contributed by atoms with Gasteiger partial charge in [0.15, 0.2) is 5.84 Å². The number of piperidine rings is 1. The molecule has 3 heterocycles. The summed E-state index contributed by atoms with van der Waals surface area (Å²) in [6.45, 7) is 8.33. The maximum Gasteiger partial charge on any atom is 0.173 e. The molecule has 1 saturated heterocycles. The van der Waals surface area contributed by atoms with Gasteiger partial charge in [-0.25, -0.2) is 15.2 Å². The van der Waals surface area contributed by atoms with Gasteiger partial charge >= 0.3 is 0 Å². The molecule has 2 aromatic heterocycles. The van der Waals surface area contributed by atoms with E-state index in [4.69, 9.17) is 29.0 Å². The number of anilines is 1. The number of hydrazine groups is 1. The van der Waals surface area contributed by atoms with Gasteiger partial charge in [-0.05, 0) is 45.8 Å². The Labute approximate surface area is 192 Å². The van der Waals surface area contributed by atoms with Gasteiger partial charge in [-0.2, -0.15) is 10.2 Å². The normalized spacial score (nSPS) is 15.5. The molecular formula is C21H31ClFN9. The van der Waals surface area contributed by atoms with Crippen molar-refractivity contribution < 1.29 is 4.39 Å². The molecular weight excluding hydrogens is 433 g/mol. The van der Waals surface area contributed by atoms with Crippen LogP contribution in [0.3, 0.4) is 0 Å². The first-order chi connectivity index (χ1) is 15.3. The maximum atomic E-state index is 13.3. The van der Waals surface area contributed by atoms with Crippen molar-refractivity contribution in [3.05, 3.63) is 53.7 Å². The molecule has 3 rings (SSSR count). The summed E-state index contributed by atoms with van der Waals surface area (Å²) in [5, 5.41) is 12.6. The predicted octanol–water partition coefficient (Wildman–Crippen LogP) is 2.88.